The van der Waals surface area contributed by atoms with Crippen LogP contribution in [0, 0.1) is 0 Å². The number of benzene rings is 2. The molecule has 0 spiro atoms. The van der Waals surface area contributed by atoms with E-state index in [-0.39, 0.29) is 24.0 Å². The maximum atomic E-state index is 12.9. The molecule has 6 nitrogen and oxygen atoms in total. The standard InChI is InChI=1S/C24H27NO5/c1-4-29-19-12-10-18(11-13-19)22(26)20-21(17-8-6-5-7-9-17)25(24(28)23(20)27)14-15-30-16(2)3/h5-13,16,21,26H,4,14-15H2,1-3H3/b22-20-. The molecule has 1 N–H and O–H groups in total. The summed E-state index contributed by atoms with van der Waals surface area (Å²) < 4.78 is 11.0. The quantitative estimate of drug-likeness (QED) is 0.406. The lowest BCUT2D eigenvalue weighted by Crippen LogP contribution is -2.33. The molecule has 0 aromatic heterocycles. The molecule has 1 amide bonds. The van der Waals surface area contributed by atoms with Crippen molar-refractivity contribution >= 4 is 17.4 Å². The Morgan fingerprint density at radius 2 is 1.73 bits per heavy atom. The topological polar surface area (TPSA) is 76.1 Å². The first kappa shape index (κ1) is 21.6. The second-order valence-electron chi connectivity index (χ2n) is 7.28. The van der Waals surface area contributed by atoms with Gasteiger partial charge >= 0.3 is 0 Å². The third-order valence-corrected chi connectivity index (χ3v) is 4.88. The molecule has 1 aliphatic heterocycles. The molecule has 1 unspecified atom stereocenters. The summed E-state index contributed by atoms with van der Waals surface area (Å²) >= 11 is 0. The number of rotatable bonds is 8. The first-order chi connectivity index (χ1) is 14.4. The summed E-state index contributed by atoms with van der Waals surface area (Å²) in [5.74, 6) is -0.860. The molecule has 0 aliphatic carbocycles. The molecule has 0 radical (unpaired) electrons. The summed E-state index contributed by atoms with van der Waals surface area (Å²) in [7, 11) is 0. The fraction of sp³-hybridized carbons (Fsp3) is 0.333. The zero-order chi connectivity index (χ0) is 21.7. The van der Waals surface area contributed by atoms with Gasteiger partial charge < -0.3 is 19.5 Å². The molecule has 30 heavy (non-hydrogen) atoms. The minimum Gasteiger partial charge on any atom is -0.507 e. The van der Waals surface area contributed by atoms with Crippen LogP contribution < -0.4 is 4.74 Å². The van der Waals surface area contributed by atoms with E-state index in [1.165, 1.54) is 4.90 Å². The van der Waals surface area contributed by atoms with Crippen molar-refractivity contribution in [2.45, 2.75) is 32.9 Å². The smallest absolute Gasteiger partial charge is 0.295 e. The first-order valence-electron chi connectivity index (χ1n) is 10.1. The highest BCUT2D eigenvalue weighted by atomic mass is 16.5. The van der Waals surface area contributed by atoms with Crippen LogP contribution in [0.1, 0.15) is 37.9 Å². The summed E-state index contributed by atoms with van der Waals surface area (Å²) in [4.78, 5) is 27.2. The molecule has 1 saturated heterocycles. The average Bonchev–Trinajstić information content (AvgIpc) is 2.99. The predicted molar refractivity (Wildman–Crippen MR) is 114 cm³/mol. The van der Waals surface area contributed by atoms with Crippen LogP contribution in [0.3, 0.4) is 0 Å². The van der Waals surface area contributed by atoms with Gasteiger partial charge in [0, 0.05) is 12.1 Å². The van der Waals surface area contributed by atoms with Crippen molar-refractivity contribution in [3.8, 4) is 5.75 Å². The van der Waals surface area contributed by atoms with Crippen molar-refractivity contribution in [2.75, 3.05) is 19.8 Å². The van der Waals surface area contributed by atoms with Crippen molar-refractivity contribution in [1.82, 2.24) is 4.90 Å². The van der Waals surface area contributed by atoms with Gasteiger partial charge in [0.05, 0.1) is 30.9 Å². The Bertz CT molecular complexity index is 918. The van der Waals surface area contributed by atoms with E-state index in [4.69, 9.17) is 9.47 Å². The molecule has 1 fully saturated rings. The van der Waals surface area contributed by atoms with Gasteiger partial charge in [-0.25, -0.2) is 0 Å². The summed E-state index contributed by atoms with van der Waals surface area (Å²) in [6, 6.07) is 15.4. The van der Waals surface area contributed by atoms with Gasteiger partial charge in [0.25, 0.3) is 11.7 Å². The monoisotopic (exact) mass is 409 g/mol. The van der Waals surface area contributed by atoms with Crippen LogP contribution >= 0.6 is 0 Å². The Hall–Kier alpha value is -3.12. The van der Waals surface area contributed by atoms with Crippen molar-refractivity contribution in [1.29, 1.82) is 0 Å². The number of Topliss-reactive ketones (excluding diaryl/α,β-unsaturated/α-hetero) is 1. The molecule has 6 heteroatoms. The molecule has 2 aromatic carbocycles. The van der Waals surface area contributed by atoms with E-state index in [1.807, 2.05) is 51.1 Å². The lowest BCUT2D eigenvalue weighted by molar-refractivity contribution is -0.140. The summed E-state index contributed by atoms with van der Waals surface area (Å²) in [6.07, 6.45) is 0.0147. The third kappa shape index (κ3) is 4.54. The molecule has 2 aromatic rings. The highest BCUT2D eigenvalue weighted by molar-refractivity contribution is 6.46. The van der Waals surface area contributed by atoms with Gasteiger partial charge in [-0.1, -0.05) is 30.3 Å². The van der Waals surface area contributed by atoms with Gasteiger partial charge in [0.2, 0.25) is 0 Å². The molecule has 1 aliphatic rings. The van der Waals surface area contributed by atoms with Gasteiger partial charge in [0.15, 0.2) is 0 Å². The maximum absolute atomic E-state index is 12.9. The molecular weight excluding hydrogens is 382 g/mol. The number of aliphatic hydroxyl groups is 1. The third-order valence-electron chi connectivity index (χ3n) is 4.88. The van der Waals surface area contributed by atoms with E-state index in [9.17, 15) is 14.7 Å². The van der Waals surface area contributed by atoms with E-state index in [0.717, 1.165) is 5.56 Å². The zero-order valence-corrected chi connectivity index (χ0v) is 17.5. The van der Waals surface area contributed by atoms with E-state index in [0.29, 0.717) is 24.5 Å². The van der Waals surface area contributed by atoms with Crippen molar-refractivity contribution < 1.29 is 24.2 Å². The number of hydrogen-bond acceptors (Lipinski definition) is 5. The molecule has 158 valence electrons. The van der Waals surface area contributed by atoms with Gasteiger partial charge in [-0.2, -0.15) is 0 Å². The summed E-state index contributed by atoms with van der Waals surface area (Å²) in [5.41, 5.74) is 1.30. The number of likely N-dealkylation sites (tertiary alicyclic amines) is 1. The van der Waals surface area contributed by atoms with Crippen molar-refractivity contribution in [3.63, 3.8) is 0 Å². The maximum Gasteiger partial charge on any atom is 0.295 e. The molecule has 3 rings (SSSR count). The normalized spacial score (nSPS) is 18.3. The fourth-order valence-corrected chi connectivity index (χ4v) is 3.51. The Labute approximate surface area is 176 Å². The second-order valence-corrected chi connectivity index (χ2v) is 7.28. The Morgan fingerprint density at radius 3 is 2.33 bits per heavy atom. The van der Waals surface area contributed by atoms with Crippen LogP contribution in [0.4, 0.5) is 0 Å². The first-order valence-corrected chi connectivity index (χ1v) is 10.1. The number of ether oxygens (including phenoxy) is 2. The SMILES string of the molecule is CCOc1ccc(/C(O)=C2/C(=O)C(=O)N(CCOC(C)C)C2c2ccccc2)cc1. The lowest BCUT2D eigenvalue weighted by atomic mass is 9.95. The Kier molecular flexibility index (Phi) is 6.90. The molecule has 0 saturated carbocycles. The zero-order valence-electron chi connectivity index (χ0n) is 17.5. The highest BCUT2D eigenvalue weighted by Gasteiger charge is 2.45. The number of carbonyl (C=O) groups is 2. The van der Waals surface area contributed by atoms with Crippen LogP contribution in [0.15, 0.2) is 60.2 Å². The predicted octanol–water partition coefficient (Wildman–Crippen LogP) is 3.93. The highest BCUT2D eigenvalue weighted by Crippen LogP contribution is 2.39. The number of carbonyl (C=O) groups excluding carboxylic acids is 2. The Balaban J connectivity index is 2.02. The van der Waals surface area contributed by atoms with E-state index >= 15 is 0 Å². The number of nitrogens with zero attached hydrogens (tertiary/aromatic N) is 1. The van der Waals surface area contributed by atoms with E-state index in [1.54, 1.807) is 24.3 Å². The largest absolute Gasteiger partial charge is 0.507 e. The van der Waals surface area contributed by atoms with Gasteiger partial charge in [-0.05, 0) is 50.6 Å². The lowest BCUT2D eigenvalue weighted by Gasteiger charge is -2.25. The van der Waals surface area contributed by atoms with Crippen molar-refractivity contribution in [2.24, 2.45) is 0 Å². The van der Waals surface area contributed by atoms with Crippen molar-refractivity contribution in [3.05, 3.63) is 71.3 Å². The molecule has 0 bridgehead atoms. The van der Waals surface area contributed by atoms with Gasteiger partial charge in [-0.3, -0.25) is 9.59 Å². The summed E-state index contributed by atoms with van der Waals surface area (Å²) in [5, 5.41) is 11.0. The number of ketones is 1. The number of amides is 1. The van der Waals surface area contributed by atoms with Crippen LogP contribution in [0.2, 0.25) is 0 Å². The van der Waals surface area contributed by atoms with E-state index in [2.05, 4.69) is 0 Å². The summed E-state index contributed by atoms with van der Waals surface area (Å²) in [6.45, 7) is 6.80. The van der Waals surface area contributed by atoms with Gasteiger partial charge in [0.1, 0.15) is 11.5 Å². The number of hydrogen-bond donors (Lipinski definition) is 1. The van der Waals surface area contributed by atoms with E-state index < -0.39 is 17.7 Å². The Morgan fingerprint density at radius 1 is 1.07 bits per heavy atom. The average molecular weight is 409 g/mol. The van der Waals surface area contributed by atoms with Gasteiger partial charge in [-0.15, -0.1) is 0 Å². The minimum absolute atomic E-state index is 0.0147. The second kappa shape index (κ2) is 9.59. The van der Waals surface area contributed by atoms with Crippen LogP contribution in [0.25, 0.3) is 5.76 Å². The minimum atomic E-state index is -0.695. The van der Waals surface area contributed by atoms with Crippen LogP contribution in [-0.4, -0.2) is 47.6 Å². The van der Waals surface area contributed by atoms with Crippen LogP contribution in [0.5, 0.6) is 5.75 Å². The van der Waals surface area contributed by atoms with Crippen LogP contribution in [-0.2, 0) is 14.3 Å². The molecular formula is C24H27NO5. The number of aliphatic hydroxyl groups excluding tert-OH is 1. The molecule has 1 heterocycles. The fourth-order valence-electron chi connectivity index (χ4n) is 3.51. The molecule has 1 atom stereocenters.